The van der Waals surface area contributed by atoms with E-state index >= 15 is 0 Å². The van der Waals surface area contributed by atoms with Gasteiger partial charge in [0.15, 0.2) is 0 Å². The van der Waals surface area contributed by atoms with Crippen LogP contribution in [0, 0.1) is 22.7 Å². The van der Waals surface area contributed by atoms with Crippen molar-refractivity contribution in [2.24, 2.45) is 0 Å². The Kier molecular flexibility index (Phi) is 7.22. The van der Waals surface area contributed by atoms with E-state index in [-0.39, 0.29) is 0 Å². The molecule has 2 aromatic heterocycles. The number of aromatic nitrogens is 2. The molecule has 0 aliphatic heterocycles. The van der Waals surface area contributed by atoms with Crippen LogP contribution in [0.3, 0.4) is 0 Å². The summed E-state index contributed by atoms with van der Waals surface area (Å²) >= 11 is 0. The first-order valence-electron chi connectivity index (χ1n) is 18.0. The maximum Gasteiger partial charge on any atom is 0.0998 e. The standard InChI is InChI=1S/C50H30N4/c51-31-33-20-23-40(38(28-33)32-52)49-48(27-26-47-50(49)41-18-10-11-19-44(41)53(47)39-16-8-3-9-17-39)54-45-24-21-36(34-12-4-1-5-13-34)29-42(45)43-30-37(22-25-46(43)54)35-14-6-2-7-15-35/h1-30H. The molecule has 0 aliphatic carbocycles. The van der Waals surface area contributed by atoms with Crippen molar-refractivity contribution in [3.8, 4) is 56.9 Å². The predicted octanol–water partition coefficient (Wildman–Crippen LogP) is 12.6. The number of hydrogen-bond donors (Lipinski definition) is 0. The molecule has 0 amide bonds. The molecule has 0 bridgehead atoms. The third-order valence-electron chi connectivity index (χ3n) is 10.6. The van der Waals surface area contributed by atoms with Gasteiger partial charge >= 0.3 is 0 Å². The number of nitriles is 2. The molecule has 0 atom stereocenters. The van der Waals surface area contributed by atoms with Crippen molar-refractivity contribution in [1.29, 1.82) is 10.5 Å². The third-order valence-corrected chi connectivity index (χ3v) is 10.6. The Balaban J connectivity index is 1.37. The minimum absolute atomic E-state index is 0.453. The van der Waals surface area contributed by atoms with Crippen LogP contribution in [0.1, 0.15) is 11.1 Å². The molecule has 0 spiro atoms. The van der Waals surface area contributed by atoms with Crippen molar-refractivity contribution >= 4 is 43.6 Å². The minimum Gasteiger partial charge on any atom is -0.309 e. The SMILES string of the molecule is N#Cc1ccc(-c2c(-n3c4ccc(-c5ccccc5)cc4c4cc(-c5ccccc5)ccc43)ccc3c2c2ccccc2n3-c2ccccc2)c(C#N)c1. The minimum atomic E-state index is 0.453. The van der Waals surface area contributed by atoms with Crippen LogP contribution in [-0.2, 0) is 0 Å². The van der Waals surface area contributed by atoms with Gasteiger partial charge in [0.2, 0.25) is 0 Å². The van der Waals surface area contributed by atoms with E-state index in [1.54, 1.807) is 6.07 Å². The number of benzene rings is 8. The second-order valence-electron chi connectivity index (χ2n) is 13.6. The second kappa shape index (κ2) is 12.5. The Labute approximate surface area is 312 Å². The van der Waals surface area contributed by atoms with Crippen LogP contribution in [0.4, 0.5) is 0 Å². The van der Waals surface area contributed by atoms with E-state index < -0.39 is 0 Å². The molecule has 0 unspecified atom stereocenters. The topological polar surface area (TPSA) is 57.4 Å². The van der Waals surface area contributed by atoms with Gasteiger partial charge in [-0.3, -0.25) is 0 Å². The summed E-state index contributed by atoms with van der Waals surface area (Å²) in [6.07, 6.45) is 0. The van der Waals surface area contributed by atoms with E-state index in [1.165, 1.54) is 0 Å². The van der Waals surface area contributed by atoms with Crippen LogP contribution in [0.5, 0.6) is 0 Å². The zero-order valence-corrected chi connectivity index (χ0v) is 29.1. The number of hydrogen-bond acceptors (Lipinski definition) is 2. The summed E-state index contributed by atoms with van der Waals surface area (Å²) < 4.78 is 4.66. The zero-order chi connectivity index (χ0) is 36.2. The van der Waals surface area contributed by atoms with Gasteiger partial charge in [-0.05, 0) is 89.0 Å². The molecule has 2 heterocycles. The maximum absolute atomic E-state index is 10.6. The van der Waals surface area contributed by atoms with E-state index in [0.29, 0.717) is 11.1 Å². The third kappa shape index (κ3) is 4.83. The highest BCUT2D eigenvalue weighted by Crippen LogP contribution is 2.46. The van der Waals surface area contributed by atoms with Crippen LogP contribution < -0.4 is 0 Å². The Morgan fingerprint density at radius 2 is 0.944 bits per heavy atom. The fourth-order valence-corrected chi connectivity index (χ4v) is 8.19. The molecule has 0 saturated carbocycles. The molecule has 4 heteroatoms. The zero-order valence-electron chi connectivity index (χ0n) is 29.1. The molecule has 0 radical (unpaired) electrons. The smallest absolute Gasteiger partial charge is 0.0998 e. The van der Waals surface area contributed by atoms with Crippen molar-refractivity contribution < 1.29 is 0 Å². The summed E-state index contributed by atoms with van der Waals surface area (Å²) in [5.41, 5.74) is 13.5. The van der Waals surface area contributed by atoms with Gasteiger partial charge in [-0.25, -0.2) is 0 Å². The van der Waals surface area contributed by atoms with E-state index in [0.717, 1.165) is 88.4 Å². The molecular weight excluding hydrogens is 657 g/mol. The van der Waals surface area contributed by atoms with Gasteiger partial charge in [0, 0.05) is 38.4 Å². The lowest BCUT2D eigenvalue weighted by molar-refractivity contribution is 1.17. The molecule has 250 valence electrons. The first kappa shape index (κ1) is 31.1. The molecule has 10 rings (SSSR count). The van der Waals surface area contributed by atoms with Gasteiger partial charge in [0.05, 0.1) is 51.0 Å². The Morgan fingerprint density at radius 3 is 1.56 bits per heavy atom. The molecular formula is C50H30N4. The fourth-order valence-electron chi connectivity index (χ4n) is 8.19. The summed E-state index contributed by atoms with van der Waals surface area (Å²) in [6, 6.07) is 67.9. The Hall–Kier alpha value is -7.66. The fraction of sp³-hybridized carbons (Fsp3) is 0. The van der Waals surface area contributed by atoms with Gasteiger partial charge in [-0.1, -0.05) is 115 Å². The van der Waals surface area contributed by atoms with E-state index in [9.17, 15) is 10.5 Å². The molecule has 8 aromatic carbocycles. The number of rotatable bonds is 5. The first-order chi connectivity index (χ1) is 26.7. The molecule has 0 aliphatic rings. The molecule has 10 aromatic rings. The largest absolute Gasteiger partial charge is 0.309 e. The van der Waals surface area contributed by atoms with Gasteiger partial charge in [0.25, 0.3) is 0 Å². The first-order valence-corrected chi connectivity index (χ1v) is 18.0. The van der Waals surface area contributed by atoms with Gasteiger partial charge in [0.1, 0.15) is 0 Å². The van der Waals surface area contributed by atoms with Crippen molar-refractivity contribution in [2.75, 3.05) is 0 Å². The number of para-hydroxylation sites is 2. The van der Waals surface area contributed by atoms with E-state index in [4.69, 9.17) is 0 Å². The molecule has 0 N–H and O–H groups in total. The predicted molar refractivity (Wildman–Crippen MR) is 221 cm³/mol. The van der Waals surface area contributed by atoms with E-state index in [2.05, 4.69) is 167 Å². The summed E-state index contributed by atoms with van der Waals surface area (Å²) in [6.45, 7) is 0. The van der Waals surface area contributed by atoms with Crippen LogP contribution in [0.15, 0.2) is 182 Å². The summed E-state index contributed by atoms with van der Waals surface area (Å²) in [7, 11) is 0. The van der Waals surface area contributed by atoms with Crippen LogP contribution in [-0.4, -0.2) is 9.13 Å². The lowest BCUT2D eigenvalue weighted by Crippen LogP contribution is -2.00. The monoisotopic (exact) mass is 686 g/mol. The van der Waals surface area contributed by atoms with E-state index in [1.807, 2.05) is 30.3 Å². The van der Waals surface area contributed by atoms with Gasteiger partial charge < -0.3 is 9.13 Å². The van der Waals surface area contributed by atoms with Crippen molar-refractivity contribution in [2.45, 2.75) is 0 Å². The highest BCUT2D eigenvalue weighted by Gasteiger charge is 2.24. The van der Waals surface area contributed by atoms with Gasteiger partial charge in [-0.2, -0.15) is 10.5 Å². The number of nitrogens with zero attached hydrogens (tertiary/aromatic N) is 4. The average Bonchev–Trinajstić information content (AvgIpc) is 3.76. The van der Waals surface area contributed by atoms with Crippen LogP contribution in [0.2, 0.25) is 0 Å². The van der Waals surface area contributed by atoms with Gasteiger partial charge in [-0.15, -0.1) is 0 Å². The van der Waals surface area contributed by atoms with Crippen molar-refractivity contribution in [3.63, 3.8) is 0 Å². The highest BCUT2D eigenvalue weighted by atomic mass is 15.0. The van der Waals surface area contributed by atoms with Crippen molar-refractivity contribution in [3.05, 3.63) is 193 Å². The Morgan fingerprint density at radius 1 is 0.389 bits per heavy atom. The highest BCUT2D eigenvalue weighted by molar-refractivity contribution is 6.19. The molecule has 4 nitrogen and oxygen atoms in total. The second-order valence-corrected chi connectivity index (χ2v) is 13.6. The molecule has 0 saturated heterocycles. The summed E-state index contributed by atoms with van der Waals surface area (Å²) in [5.74, 6) is 0. The Bertz CT molecular complexity index is 3060. The lowest BCUT2D eigenvalue weighted by atomic mass is 9.92. The van der Waals surface area contributed by atoms with Crippen molar-refractivity contribution in [1.82, 2.24) is 9.13 Å². The average molecular weight is 687 g/mol. The van der Waals surface area contributed by atoms with Crippen LogP contribution in [0.25, 0.3) is 88.4 Å². The molecule has 0 fully saturated rings. The summed E-state index contributed by atoms with van der Waals surface area (Å²) in [4.78, 5) is 0. The molecule has 54 heavy (non-hydrogen) atoms. The maximum atomic E-state index is 10.6. The number of fused-ring (bicyclic) bond motifs is 6. The van der Waals surface area contributed by atoms with Crippen LogP contribution >= 0.6 is 0 Å². The quantitative estimate of drug-likeness (QED) is 0.181. The normalized spacial score (nSPS) is 11.3. The lowest BCUT2D eigenvalue weighted by Gasteiger charge is -2.18. The summed E-state index contributed by atoms with van der Waals surface area (Å²) in [5, 5.41) is 24.9.